The van der Waals surface area contributed by atoms with E-state index in [9.17, 15) is 8.42 Å². The van der Waals surface area contributed by atoms with Crippen molar-refractivity contribution in [2.24, 2.45) is 0 Å². The van der Waals surface area contributed by atoms with Crippen molar-refractivity contribution in [1.82, 2.24) is 4.98 Å². The zero-order chi connectivity index (χ0) is 15.5. The number of aryl methyl sites for hydroxylation is 1. The third-order valence-electron chi connectivity index (χ3n) is 2.64. The van der Waals surface area contributed by atoms with E-state index in [1.165, 1.54) is 18.2 Å². The first-order valence-corrected chi connectivity index (χ1v) is 8.17. The van der Waals surface area contributed by atoms with E-state index in [2.05, 4.69) is 9.71 Å². The van der Waals surface area contributed by atoms with Gasteiger partial charge in [0.25, 0.3) is 10.0 Å². The smallest absolute Gasteiger partial charge is 0.263 e. The summed E-state index contributed by atoms with van der Waals surface area (Å²) >= 11 is 5.95. The number of ether oxygens (including phenoxy) is 1. The number of hydrogen-bond acceptors (Lipinski definition) is 4. The fraction of sp³-hybridized carbons (Fsp3) is 0.214. The number of aromatic nitrogens is 1. The Morgan fingerprint density at radius 2 is 2.05 bits per heavy atom. The van der Waals surface area contributed by atoms with E-state index in [1.54, 1.807) is 32.0 Å². The van der Waals surface area contributed by atoms with Crippen LogP contribution in [0.4, 0.5) is 5.82 Å². The average molecular weight is 327 g/mol. The molecule has 2 aromatic rings. The Labute approximate surface area is 129 Å². The summed E-state index contributed by atoms with van der Waals surface area (Å²) in [4.78, 5) is 4.18. The van der Waals surface area contributed by atoms with Gasteiger partial charge in [-0.15, -0.1) is 0 Å². The maximum atomic E-state index is 12.3. The Kier molecular flexibility index (Phi) is 4.69. The average Bonchev–Trinajstić information content (AvgIpc) is 2.41. The van der Waals surface area contributed by atoms with E-state index >= 15 is 0 Å². The number of benzene rings is 1. The first-order valence-electron chi connectivity index (χ1n) is 6.31. The summed E-state index contributed by atoms with van der Waals surface area (Å²) in [5.74, 6) is 0.599. The zero-order valence-corrected chi connectivity index (χ0v) is 13.2. The largest absolute Gasteiger partial charge is 0.492 e. The molecular weight excluding hydrogens is 312 g/mol. The molecule has 1 aromatic carbocycles. The minimum absolute atomic E-state index is 0.0682. The molecule has 0 saturated carbocycles. The summed E-state index contributed by atoms with van der Waals surface area (Å²) in [7, 11) is -3.74. The molecule has 1 aromatic heterocycles. The molecule has 0 unspecified atom stereocenters. The first-order chi connectivity index (χ1) is 9.92. The van der Waals surface area contributed by atoms with Crippen LogP contribution in [0.5, 0.6) is 5.75 Å². The molecule has 0 spiro atoms. The molecule has 0 bridgehead atoms. The van der Waals surface area contributed by atoms with Gasteiger partial charge in [0.2, 0.25) is 0 Å². The molecular formula is C14H15ClN2O3S. The predicted molar refractivity (Wildman–Crippen MR) is 82.4 cm³/mol. The first kappa shape index (κ1) is 15.6. The van der Waals surface area contributed by atoms with Crippen molar-refractivity contribution in [3.8, 4) is 5.75 Å². The summed E-state index contributed by atoms with van der Waals surface area (Å²) in [5.41, 5.74) is 0.723. The van der Waals surface area contributed by atoms with Crippen molar-refractivity contribution < 1.29 is 13.2 Å². The number of sulfonamides is 1. The molecule has 5 nitrogen and oxygen atoms in total. The third-order valence-corrected chi connectivity index (χ3v) is 4.30. The summed E-state index contributed by atoms with van der Waals surface area (Å²) in [6.45, 7) is 3.98. The van der Waals surface area contributed by atoms with Crippen LogP contribution in [-0.4, -0.2) is 20.0 Å². The van der Waals surface area contributed by atoms with E-state index in [1.807, 2.05) is 0 Å². The monoisotopic (exact) mass is 326 g/mol. The Bertz CT molecular complexity index is 748. The number of halogens is 1. The highest BCUT2D eigenvalue weighted by Gasteiger charge is 2.17. The van der Waals surface area contributed by atoms with Crippen molar-refractivity contribution in [3.05, 3.63) is 47.1 Å². The van der Waals surface area contributed by atoms with Gasteiger partial charge < -0.3 is 4.74 Å². The van der Waals surface area contributed by atoms with Crippen molar-refractivity contribution in [2.75, 3.05) is 11.3 Å². The van der Waals surface area contributed by atoms with Gasteiger partial charge in [0, 0.05) is 11.8 Å². The molecule has 0 fully saturated rings. The van der Waals surface area contributed by atoms with Crippen LogP contribution in [0.15, 0.2) is 41.3 Å². The molecule has 0 aliphatic heterocycles. The van der Waals surface area contributed by atoms with Crippen molar-refractivity contribution >= 4 is 27.4 Å². The molecule has 21 heavy (non-hydrogen) atoms. The number of nitrogens with zero attached hydrogens (tertiary/aromatic N) is 1. The van der Waals surface area contributed by atoms with Gasteiger partial charge in [-0.05, 0) is 38.1 Å². The van der Waals surface area contributed by atoms with Crippen molar-refractivity contribution in [3.63, 3.8) is 0 Å². The molecule has 0 atom stereocenters. The van der Waals surface area contributed by atoms with Gasteiger partial charge in [-0.1, -0.05) is 17.7 Å². The second-order valence-corrected chi connectivity index (χ2v) is 6.38. The quantitative estimate of drug-likeness (QED) is 0.915. The van der Waals surface area contributed by atoms with Gasteiger partial charge in [0.15, 0.2) is 0 Å². The van der Waals surface area contributed by atoms with Crippen LogP contribution in [0.3, 0.4) is 0 Å². The normalized spacial score (nSPS) is 11.2. The fourth-order valence-electron chi connectivity index (χ4n) is 1.71. The third kappa shape index (κ3) is 3.86. The van der Waals surface area contributed by atoms with Gasteiger partial charge in [0.05, 0.1) is 16.5 Å². The standard InChI is InChI=1S/C14H15ClN2O3S/c1-3-20-13-9-11(7-8-12(13)15)21(18,19)17-14-6-4-5-10(2)16-14/h4-9H,3H2,1-2H3,(H,16,17). The molecule has 2 rings (SSSR count). The number of anilines is 1. The van der Waals surface area contributed by atoms with Crippen LogP contribution in [0.2, 0.25) is 5.02 Å². The van der Waals surface area contributed by atoms with Crippen molar-refractivity contribution in [2.45, 2.75) is 18.7 Å². The Balaban J connectivity index is 2.33. The highest BCUT2D eigenvalue weighted by atomic mass is 35.5. The van der Waals surface area contributed by atoms with E-state index in [4.69, 9.17) is 16.3 Å². The molecule has 0 amide bonds. The molecule has 112 valence electrons. The topological polar surface area (TPSA) is 68.3 Å². The summed E-state index contributed by atoms with van der Waals surface area (Å²) in [6.07, 6.45) is 0. The Morgan fingerprint density at radius 1 is 1.29 bits per heavy atom. The Morgan fingerprint density at radius 3 is 2.71 bits per heavy atom. The van der Waals surface area contributed by atoms with Crippen LogP contribution in [0.1, 0.15) is 12.6 Å². The number of hydrogen-bond donors (Lipinski definition) is 1. The lowest BCUT2D eigenvalue weighted by Crippen LogP contribution is -2.14. The molecule has 0 aliphatic carbocycles. The van der Waals surface area contributed by atoms with E-state index in [-0.39, 0.29) is 10.7 Å². The van der Waals surface area contributed by atoms with Gasteiger partial charge in [-0.25, -0.2) is 13.4 Å². The van der Waals surface area contributed by atoms with Gasteiger partial charge in [-0.3, -0.25) is 4.72 Å². The maximum absolute atomic E-state index is 12.3. The minimum atomic E-state index is -3.74. The van der Waals surface area contributed by atoms with Crippen LogP contribution < -0.4 is 9.46 Å². The van der Waals surface area contributed by atoms with E-state index in [0.29, 0.717) is 17.4 Å². The molecule has 7 heteroatoms. The summed E-state index contributed by atoms with van der Waals surface area (Å²) in [6, 6.07) is 9.41. The summed E-state index contributed by atoms with van der Waals surface area (Å²) in [5, 5.41) is 0.365. The SMILES string of the molecule is CCOc1cc(S(=O)(=O)Nc2cccc(C)n2)ccc1Cl. The molecule has 0 saturated heterocycles. The lowest BCUT2D eigenvalue weighted by Gasteiger charge is -2.10. The van der Waals surface area contributed by atoms with Gasteiger partial charge >= 0.3 is 0 Å². The summed E-state index contributed by atoms with van der Waals surface area (Å²) < 4.78 is 32.4. The predicted octanol–water partition coefficient (Wildman–Crippen LogP) is 3.24. The number of pyridine rings is 1. The lowest BCUT2D eigenvalue weighted by atomic mass is 10.3. The highest BCUT2D eigenvalue weighted by molar-refractivity contribution is 7.92. The second-order valence-electron chi connectivity index (χ2n) is 4.29. The minimum Gasteiger partial charge on any atom is -0.492 e. The van der Waals surface area contributed by atoms with Gasteiger partial charge in [-0.2, -0.15) is 0 Å². The number of rotatable bonds is 5. The molecule has 1 heterocycles. The highest BCUT2D eigenvalue weighted by Crippen LogP contribution is 2.28. The molecule has 0 radical (unpaired) electrons. The molecule has 0 aliphatic rings. The Hall–Kier alpha value is -1.79. The van der Waals surface area contributed by atoms with Crippen LogP contribution in [0.25, 0.3) is 0 Å². The van der Waals surface area contributed by atoms with Gasteiger partial charge in [0.1, 0.15) is 11.6 Å². The lowest BCUT2D eigenvalue weighted by molar-refractivity contribution is 0.339. The second kappa shape index (κ2) is 6.32. The maximum Gasteiger partial charge on any atom is 0.263 e. The van der Waals surface area contributed by atoms with Crippen LogP contribution in [0, 0.1) is 6.92 Å². The molecule has 1 N–H and O–H groups in total. The van der Waals surface area contributed by atoms with Crippen molar-refractivity contribution in [1.29, 1.82) is 0 Å². The fourth-order valence-corrected chi connectivity index (χ4v) is 2.90. The number of nitrogens with one attached hydrogen (secondary N) is 1. The van der Waals surface area contributed by atoms with E-state index < -0.39 is 10.0 Å². The van der Waals surface area contributed by atoms with Crippen LogP contribution >= 0.6 is 11.6 Å². The van der Waals surface area contributed by atoms with Crippen LogP contribution in [-0.2, 0) is 10.0 Å². The zero-order valence-electron chi connectivity index (χ0n) is 11.6. The van der Waals surface area contributed by atoms with E-state index in [0.717, 1.165) is 5.69 Å².